The third kappa shape index (κ3) is 3.95. The van der Waals surface area contributed by atoms with Gasteiger partial charge in [0, 0.05) is 13.1 Å². The lowest BCUT2D eigenvalue weighted by atomic mass is 10.2. The van der Waals surface area contributed by atoms with E-state index < -0.39 is 27.8 Å². The highest BCUT2D eigenvalue weighted by atomic mass is 32.2. The number of ether oxygens (including phenoxy) is 1. The summed E-state index contributed by atoms with van der Waals surface area (Å²) in [6.45, 7) is 0.968. The number of amides is 1. The number of nitrogens with zero attached hydrogens (tertiary/aromatic N) is 1. The van der Waals surface area contributed by atoms with E-state index in [-0.39, 0.29) is 24.2 Å². The van der Waals surface area contributed by atoms with Crippen LogP contribution in [0.1, 0.15) is 13.3 Å². The molecule has 1 amide bonds. The number of carbonyl (C=O) groups is 2. The van der Waals surface area contributed by atoms with E-state index in [0.29, 0.717) is 6.42 Å². The van der Waals surface area contributed by atoms with E-state index in [1.54, 1.807) is 0 Å². The minimum Gasteiger partial charge on any atom is -0.479 e. The molecule has 0 radical (unpaired) electrons. The summed E-state index contributed by atoms with van der Waals surface area (Å²) >= 11 is 0. The fraction of sp³-hybridized carbons (Fsp3) is 0.800. The number of carbonyl (C=O) groups excluding carboxylic acids is 1. The minimum atomic E-state index is -3.05. The van der Waals surface area contributed by atoms with Crippen molar-refractivity contribution in [2.45, 2.75) is 25.5 Å². The van der Waals surface area contributed by atoms with Crippen LogP contribution >= 0.6 is 0 Å². The van der Waals surface area contributed by atoms with Gasteiger partial charge in [-0.25, -0.2) is 13.2 Å². The molecule has 1 heterocycles. The van der Waals surface area contributed by atoms with Gasteiger partial charge in [-0.1, -0.05) is 0 Å². The number of sulfone groups is 1. The molecule has 2 unspecified atom stereocenters. The SMILES string of the molecule is CC(OCC(=O)N(C)C1CCS(=O)(=O)C1)C(=O)O. The molecule has 7 nitrogen and oxygen atoms in total. The maximum Gasteiger partial charge on any atom is 0.332 e. The lowest BCUT2D eigenvalue weighted by Gasteiger charge is -2.23. The van der Waals surface area contributed by atoms with Gasteiger partial charge in [-0.2, -0.15) is 0 Å². The molecule has 1 rings (SSSR count). The van der Waals surface area contributed by atoms with Gasteiger partial charge in [0.05, 0.1) is 11.5 Å². The zero-order valence-electron chi connectivity index (χ0n) is 10.3. The third-order valence-corrected chi connectivity index (χ3v) is 4.70. The molecule has 8 heteroatoms. The molecule has 1 aliphatic rings. The monoisotopic (exact) mass is 279 g/mol. The van der Waals surface area contributed by atoms with Crippen molar-refractivity contribution >= 4 is 21.7 Å². The summed E-state index contributed by atoms with van der Waals surface area (Å²) in [5, 5.41) is 8.58. The molecule has 18 heavy (non-hydrogen) atoms. The molecule has 1 saturated heterocycles. The molecular formula is C10H17NO6S. The highest BCUT2D eigenvalue weighted by Gasteiger charge is 2.32. The first-order valence-electron chi connectivity index (χ1n) is 5.53. The van der Waals surface area contributed by atoms with Crippen LogP contribution in [-0.2, 0) is 24.2 Å². The van der Waals surface area contributed by atoms with Gasteiger partial charge in [-0.3, -0.25) is 4.79 Å². The van der Waals surface area contributed by atoms with E-state index in [0.717, 1.165) is 0 Å². The van der Waals surface area contributed by atoms with Crippen LogP contribution in [0.3, 0.4) is 0 Å². The van der Waals surface area contributed by atoms with E-state index in [1.807, 2.05) is 0 Å². The Morgan fingerprint density at radius 2 is 2.11 bits per heavy atom. The van der Waals surface area contributed by atoms with E-state index in [9.17, 15) is 18.0 Å². The number of carboxylic acids is 1. The first kappa shape index (κ1) is 14.9. The third-order valence-electron chi connectivity index (χ3n) is 2.95. The average Bonchev–Trinajstić information content (AvgIpc) is 2.64. The Morgan fingerprint density at radius 3 is 2.56 bits per heavy atom. The van der Waals surface area contributed by atoms with Crippen LogP contribution in [0.5, 0.6) is 0 Å². The van der Waals surface area contributed by atoms with Crippen molar-refractivity contribution in [3.8, 4) is 0 Å². The quantitative estimate of drug-likeness (QED) is 0.701. The van der Waals surface area contributed by atoms with Crippen molar-refractivity contribution in [1.82, 2.24) is 4.90 Å². The Kier molecular flexibility index (Phi) is 4.69. The van der Waals surface area contributed by atoms with Crippen LogP contribution in [0.25, 0.3) is 0 Å². The van der Waals surface area contributed by atoms with Crippen LogP contribution in [0.15, 0.2) is 0 Å². The van der Waals surface area contributed by atoms with Crippen molar-refractivity contribution in [1.29, 1.82) is 0 Å². The maximum absolute atomic E-state index is 11.7. The normalized spacial score (nSPS) is 23.6. The largest absolute Gasteiger partial charge is 0.479 e. The number of hydrogen-bond donors (Lipinski definition) is 1. The van der Waals surface area contributed by atoms with Gasteiger partial charge in [-0.15, -0.1) is 0 Å². The number of aliphatic carboxylic acids is 1. The van der Waals surface area contributed by atoms with Crippen molar-refractivity contribution < 1.29 is 27.9 Å². The summed E-state index contributed by atoms with van der Waals surface area (Å²) in [4.78, 5) is 23.5. The molecule has 0 saturated carbocycles. The maximum atomic E-state index is 11.7. The van der Waals surface area contributed by atoms with Crippen LogP contribution in [0.2, 0.25) is 0 Å². The fourth-order valence-electron chi connectivity index (χ4n) is 1.65. The van der Waals surface area contributed by atoms with Gasteiger partial charge in [0.2, 0.25) is 5.91 Å². The number of hydrogen-bond acceptors (Lipinski definition) is 5. The second-order valence-corrected chi connectivity index (χ2v) is 6.58. The van der Waals surface area contributed by atoms with Gasteiger partial charge >= 0.3 is 5.97 Å². The Hall–Kier alpha value is -1.15. The smallest absolute Gasteiger partial charge is 0.332 e. The Morgan fingerprint density at radius 1 is 1.50 bits per heavy atom. The fourth-order valence-corrected chi connectivity index (χ4v) is 3.43. The Bertz CT molecular complexity index is 432. The van der Waals surface area contributed by atoms with Gasteiger partial charge < -0.3 is 14.7 Å². The van der Waals surface area contributed by atoms with Crippen LogP contribution in [0.4, 0.5) is 0 Å². The van der Waals surface area contributed by atoms with Crippen molar-refractivity contribution in [2.24, 2.45) is 0 Å². The zero-order valence-corrected chi connectivity index (χ0v) is 11.1. The summed E-state index contributed by atoms with van der Waals surface area (Å²) in [7, 11) is -1.54. The molecule has 0 aromatic heterocycles. The molecule has 1 fully saturated rings. The molecule has 2 atom stereocenters. The predicted molar refractivity (Wildman–Crippen MR) is 62.9 cm³/mol. The lowest BCUT2D eigenvalue weighted by molar-refractivity contribution is -0.153. The summed E-state index contributed by atoms with van der Waals surface area (Å²) in [6, 6.07) is -0.341. The highest BCUT2D eigenvalue weighted by Crippen LogP contribution is 2.16. The highest BCUT2D eigenvalue weighted by molar-refractivity contribution is 7.91. The Balaban J connectivity index is 2.45. The van der Waals surface area contributed by atoms with E-state index in [1.165, 1.54) is 18.9 Å². The van der Waals surface area contributed by atoms with E-state index in [2.05, 4.69) is 0 Å². The standard InChI is InChI=1S/C10H17NO6S/c1-7(10(13)14)17-5-9(12)11(2)8-3-4-18(15,16)6-8/h7-8H,3-6H2,1-2H3,(H,13,14). The molecular weight excluding hydrogens is 262 g/mol. The number of carboxylic acid groups (broad SMARTS) is 1. The van der Waals surface area contributed by atoms with Crippen molar-refractivity contribution in [3.63, 3.8) is 0 Å². The topological polar surface area (TPSA) is 101 Å². The van der Waals surface area contributed by atoms with Crippen LogP contribution in [-0.4, -0.2) is 67.6 Å². The second-order valence-electron chi connectivity index (χ2n) is 4.35. The molecule has 1 N–H and O–H groups in total. The lowest BCUT2D eigenvalue weighted by Crippen LogP contribution is -2.40. The summed E-state index contributed by atoms with van der Waals surface area (Å²) in [5.74, 6) is -1.51. The molecule has 0 spiro atoms. The van der Waals surface area contributed by atoms with Crippen molar-refractivity contribution in [2.75, 3.05) is 25.2 Å². The zero-order chi connectivity index (χ0) is 13.9. The van der Waals surface area contributed by atoms with Gasteiger partial charge in [-0.05, 0) is 13.3 Å². The van der Waals surface area contributed by atoms with Crippen LogP contribution in [0, 0.1) is 0 Å². The summed E-state index contributed by atoms with van der Waals surface area (Å²) < 4.78 is 27.4. The number of likely N-dealkylation sites (N-methyl/N-ethyl adjacent to an activating group) is 1. The molecule has 0 aromatic carbocycles. The Labute approximate surface area is 106 Å². The summed E-state index contributed by atoms with van der Waals surface area (Å²) in [5.41, 5.74) is 0. The van der Waals surface area contributed by atoms with Gasteiger partial charge in [0.25, 0.3) is 0 Å². The number of rotatable bonds is 5. The van der Waals surface area contributed by atoms with Crippen molar-refractivity contribution in [3.05, 3.63) is 0 Å². The van der Waals surface area contributed by atoms with E-state index >= 15 is 0 Å². The molecule has 104 valence electrons. The molecule has 1 aliphatic heterocycles. The molecule has 0 aromatic rings. The molecule has 0 aliphatic carbocycles. The minimum absolute atomic E-state index is 0.0380. The van der Waals surface area contributed by atoms with E-state index in [4.69, 9.17) is 9.84 Å². The first-order valence-corrected chi connectivity index (χ1v) is 7.35. The van der Waals surface area contributed by atoms with Gasteiger partial charge in [0.1, 0.15) is 6.61 Å². The van der Waals surface area contributed by atoms with Crippen LogP contribution < -0.4 is 0 Å². The predicted octanol–water partition coefficient (Wildman–Crippen LogP) is -0.878. The van der Waals surface area contributed by atoms with Gasteiger partial charge in [0.15, 0.2) is 15.9 Å². The first-order chi connectivity index (χ1) is 8.23. The average molecular weight is 279 g/mol. The molecule has 0 bridgehead atoms. The summed E-state index contributed by atoms with van der Waals surface area (Å²) in [6.07, 6.45) is -0.645. The second kappa shape index (κ2) is 5.66.